The fourth-order valence-electron chi connectivity index (χ4n) is 3.92. The molecule has 2 rings (SSSR count). The highest BCUT2D eigenvalue weighted by atomic mass is 16.3. The number of hydrogen-bond donors (Lipinski definition) is 4. The average Bonchev–Trinajstić information content (AvgIpc) is 3.31. The number of nitrogens with one attached hydrogen (secondary N) is 2. The van der Waals surface area contributed by atoms with Crippen LogP contribution in [0, 0.1) is 0 Å². The van der Waals surface area contributed by atoms with Crippen molar-refractivity contribution < 1.29 is 29.4 Å². The van der Waals surface area contributed by atoms with Crippen LogP contribution < -0.4 is 10.6 Å². The van der Waals surface area contributed by atoms with Gasteiger partial charge in [-0.2, -0.15) is 0 Å². The lowest BCUT2D eigenvalue weighted by Crippen LogP contribution is -2.61. The van der Waals surface area contributed by atoms with Gasteiger partial charge in [0.05, 0.1) is 12.2 Å². The normalized spacial score (nSPS) is 25.8. The maximum atomic E-state index is 12.8. The SMILES string of the molecule is CC(O)C(NC(=O)C1CCCN1C=O)C(=O)NC(C(=O)N1CCCC1C)C(C)O. The van der Waals surface area contributed by atoms with Crippen molar-refractivity contribution >= 4 is 24.1 Å². The Kier molecular flexibility index (Phi) is 7.97. The molecule has 10 heteroatoms. The van der Waals surface area contributed by atoms with Crippen molar-refractivity contribution in [1.82, 2.24) is 20.4 Å². The lowest BCUT2D eigenvalue weighted by Gasteiger charge is -2.31. The van der Waals surface area contributed by atoms with Gasteiger partial charge in [-0.1, -0.05) is 0 Å². The molecular weight excluding hydrogens is 380 g/mol. The summed E-state index contributed by atoms with van der Waals surface area (Å²) in [6.07, 6.45) is 1.07. The number of hydrogen-bond acceptors (Lipinski definition) is 6. The molecule has 0 radical (unpaired) electrons. The van der Waals surface area contributed by atoms with Gasteiger partial charge < -0.3 is 30.6 Å². The van der Waals surface area contributed by atoms with Crippen LogP contribution in [-0.2, 0) is 19.2 Å². The maximum Gasteiger partial charge on any atom is 0.248 e. The van der Waals surface area contributed by atoms with Crippen LogP contribution in [0.3, 0.4) is 0 Å². The summed E-state index contributed by atoms with van der Waals surface area (Å²) >= 11 is 0. The molecule has 2 aliphatic heterocycles. The van der Waals surface area contributed by atoms with E-state index in [4.69, 9.17) is 0 Å². The average molecular weight is 412 g/mol. The van der Waals surface area contributed by atoms with Gasteiger partial charge in [-0.05, 0) is 46.5 Å². The van der Waals surface area contributed by atoms with Crippen LogP contribution in [0.2, 0.25) is 0 Å². The van der Waals surface area contributed by atoms with Crippen molar-refractivity contribution in [1.29, 1.82) is 0 Å². The summed E-state index contributed by atoms with van der Waals surface area (Å²) in [5.74, 6) is -1.70. The van der Waals surface area contributed by atoms with Gasteiger partial charge in [0.15, 0.2) is 0 Å². The summed E-state index contributed by atoms with van der Waals surface area (Å²) < 4.78 is 0. The molecule has 0 spiro atoms. The lowest BCUT2D eigenvalue weighted by atomic mass is 10.1. The van der Waals surface area contributed by atoms with Crippen molar-refractivity contribution in [2.75, 3.05) is 13.1 Å². The van der Waals surface area contributed by atoms with Crippen molar-refractivity contribution in [2.45, 2.75) is 82.8 Å². The zero-order valence-corrected chi connectivity index (χ0v) is 17.2. The molecule has 0 saturated carbocycles. The van der Waals surface area contributed by atoms with Crippen LogP contribution in [0.1, 0.15) is 46.5 Å². The first kappa shape index (κ1) is 23.1. The predicted molar refractivity (Wildman–Crippen MR) is 103 cm³/mol. The van der Waals surface area contributed by atoms with Crippen LogP contribution in [0.4, 0.5) is 0 Å². The van der Waals surface area contributed by atoms with Gasteiger partial charge >= 0.3 is 0 Å². The molecule has 2 aliphatic rings. The van der Waals surface area contributed by atoms with E-state index in [1.165, 1.54) is 18.7 Å². The predicted octanol–water partition coefficient (Wildman–Crippen LogP) is -1.65. The third kappa shape index (κ3) is 5.45. The molecule has 29 heavy (non-hydrogen) atoms. The number of aliphatic hydroxyl groups is 2. The van der Waals surface area contributed by atoms with Crippen LogP contribution in [-0.4, -0.2) is 93.6 Å². The number of amides is 4. The molecule has 4 amide bonds. The molecule has 0 aromatic rings. The van der Waals surface area contributed by atoms with Gasteiger partial charge in [-0.3, -0.25) is 19.2 Å². The number of aliphatic hydroxyl groups excluding tert-OH is 2. The summed E-state index contributed by atoms with van der Waals surface area (Å²) in [7, 11) is 0. The largest absolute Gasteiger partial charge is 0.391 e. The van der Waals surface area contributed by atoms with E-state index >= 15 is 0 Å². The van der Waals surface area contributed by atoms with Crippen LogP contribution >= 0.6 is 0 Å². The fourth-order valence-corrected chi connectivity index (χ4v) is 3.92. The standard InChI is InChI=1S/C19H32N4O6/c1-11-6-4-9-23(11)19(29)16(13(3)26)21-18(28)15(12(2)25)20-17(27)14-7-5-8-22(14)10-24/h10-16,25-26H,4-9H2,1-3H3,(H,20,27)(H,21,28). The third-order valence-electron chi connectivity index (χ3n) is 5.68. The molecule has 2 heterocycles. The first-order valence-corrected chi connectivity index (χ1v) is 10.2. The Balaban J connectivity index is 2.07. The Labute approximate surface area is 170 Å². The van der Waals surface area contributed by atoms with Gasteiger partial charge in [0.25, 0.3) is 0 Å². The molecule has 2 saturated heterocycles. The fraction of sp³-hybridized carbons (Fsp3) is 0.789. The summed E-state index contributed by atoms with van der Waals surface area (Å²) in [6.45, 7) is 5.67. The summed E-state index contributed by atoms with van der Waals surface area (Å²) in [4.78, 5) is 52.1. The molecule has 0 aliphatic carbocycles. The van der Waals surface area contributed by atoms with Gasteiger partial charge in [0.2, 0.25) is 24.1 Å². The Morgan fingerprint density at radius 2 is 1.62 bits per heavy atom. The van der Waals surface area contributed by atoms with E-state index in [0.717, 1.165) is 12.8 Å². The van der Waals surface area contributed by atoms with E-state index in [0.29, 0.717) is 32.3 Å². The summed E-state index contributed by atoms with van der Waals surface area (Å²) in [6, 6.07) is -3.17. The Bertz CT molecular complexity index is 626. The Morgan fingerprint density at radius 3 is 2.14 bits per heavy atom. The molecule has 6 atom stereocenters. The summed E-state index contributed by atoms with van der Waals surface area (Å²) in [5, 5.41) is 25.0. The van der Waals surface area contributed by atoms with E-state index < -0.39 is 48.1 Å². The molecule has 10 nitrogen and oxygen atoms in total. The van der Waals surface area contributed by atoms with Crippen LogP contribution in [0.25, 0.3) is 0 Å². The van der Waals surface area contributed by atoms with E-state index in [2.05, 4.69) is 10.6 Å². The lowest BCUT2D eigenvalue weighted by molar-refractivity contribution is -0.142. The van der Waals surface area contributed by atoms with Crippen molar-refractivity contribution in [2.24, 2.45) is 0 Å². The number of rotatable bonds is 8. The molecule has 0 aromatic heterocycles. The Hall–Kier alpha value is -2.20. The third-order valence-corrected chi connectivity index (χ3v) is 5.68. The van der Waals surface area contributed by atoms with E-state index in [1.807, 2.05) is 6.92 Å². The highest BCUT2D eigenvalue weighted by molar-refractivity contribution is 5.94. The maximum absolute atomic E-state index is 12.8. The van der Waals surface area contributed by atoms with E-state index in [1.54, 1.807) is 4.90 Å². The quantitative estimate of drug-likeness (QED) is 0.352. The Morgan fingerprint density at radius 1 is 1.00 bits per heavy atom. The van der Waals surface area contributed by atoms with Crippen LogP contribution in [0.15, 0.2) is 0 Å². The second-order valence-electron chi connectivity index (χ2n) is 7.98. The molecule has 0 bridgehead atoms. The molecule has 2 fully saturated rings. The molecule has 0 aromatic carbocycles. The van der Waals surface area contributed by atoms with Gasteiger partial charge in [-0.25, -0.2) is 0 Å². The van der Waals surface area contributed by atoms with Gasteiger partial charge in [0.1, 0.15) is 18.1 Å². The van der Waals surface area contributed by atoms with Crippen molar-refractivity contribution in [3.63, 3.8) is 0 Å². The first-order chi connectivity index (χ1) is 13.7. The first-order valence-electron chi connectivity index (χ1n) is 10.2. The molecule has 164 valence electrons. The zero-order valence-electron chi connectivity index (χ0n) is 17.2. The minimum Gasteiger partial charge on any atom is -0.391 e. The van der Waals surface area contributed by atoms with Crippen molar-refractivity contribution in [3.05, 3.63) is 0 Å². The highest BCUT2D eigenvalue weighted by Crippen LogP contribution is 2.19. The minimum absolute atomic E-state index is 0.0182. The number of likely N-dealkylation sites (tertiary alicyclic amines) is 2. The minimum atomic E-state index is -1.32. The van der Waals surface area contributed by atoms with Gasteiger partial charge in [-0.15, -0.1) is 0 Å². The monoisotopic (exact) mass is 412 g/mol. The van der Waals surface area contributed by atoms with Gasteiger partial charge in [0, 0.05) is 19.1 Å². The second-order valence-corrected chi connectivity index (χ2v) is 7.98. The van der Waals surface area contributed by atoms with Crippen molar-refractivity contribution in [3.8, 4) is 0 Å². The highest BCUT2D eigenvalue weighted by Gasteiger charge is 2.38. The molecule has 4 N–H and O–H groups in total. The van der Waals surface area contributed by atoms with E-state index in [9.17, 15) is 29.4 Å². The van der Waals surface area contributed by atoms with Crippen LogP contribution in [0.5, 0.6) is 0 Å². The molecular formula is C19H32N4O6. The molecule has 6 unspecified atom stereocenters. The topological polar surface area (TPSA) is 139 Å². The summed E-state index contributed by atoms with van der Waals surface area (Å²) in [5.41, 5.74) is 0. The van der Waals surface area contributed by atoms with E-state index in [-0.39, 0.29) is 6.04 Å². The zero-order chi connectivity index (χ0) is 21.7. The smallest absolute Gasteiger partial charge is 0.248 e. The second kappa shape index (κ2) is 10.0. The number of carbonyl (C=O) groups excluding carboxylic acids is 4. The number of carbonyl (C=O) groups is 4. The number of nitrogens with zero attached hydrogens (tertiary/aromatic N) is 2.